The van der Waals surface area contributed by atoms with E-state index < -0.39 is 29.0 Å². The Morgan fingerprint density at radius 1 is 1.24 bits per heavy atom. The van der Waals surface area contributed by atoms with Crippen molar-refractivity contribution < 1.29 is 14.3 Å². The SMILES string of the molecule is CCCCN(CC)Cc1nc2c(c(=O)[nH]c(=O)n2C)n1[C@H](C(C)=O)C(=O)OCC. The van der Waals surface area contributed by atoms with E-state index in [1.54, 1.807) is 6.92 Å². The van der Waals surface area contributed by atoms with E-state index >= 15 is 0 Å². The first-order valence-corrected chi connectivity index (χ1v) is 9.86. The van der Waals surface area contributed by atoms with Gasteiger partial charge in [0.25, 0.3) is 5.56 Å². The Morgan fingerprint density at radius 2 is 1.93 bits per heavy atom. The number of unbranched alkanes of at least 4 members (excludes halogenated alkanes) is 1. The van der Waals surface area contributed by atoms with Gasteiger partial charge in [0.2, 0.25) is 0 Å². The van der Waals surface area contributed by atoms with Crippen molar-refractivity contribution in [3.8, 4) is 0 Å². The quantitative estimate of drug-likeness (QED) is 0.456. The fourth-order valence-corrected chi connectivity index (χ4v) is 3.24. The van der Waals surface area contributed by atoms with Gasteiger partial charge in [-0.2, -0.15) is 0 Å². The molecule has 0 saturated heterocycles. The van der Waals surface area contributed by atoms with E-state index in [4.69, 9.17) is 4.74 Å². The normalized spacial score (nSPS) is 12.5. The van der Waals surface area contributed by atoms with E-state index in [-0.39, 0.29) is 17.8 Å². The highest BCUT2D eigenvalue weighted by molar-refractivity contribution is 6.01. The number of nitrogens with zero attached hydrogens (tertiary/aromatic N) is 4. The van der Waals surface area contributed by atoms with Gasteiger partial charge in [-0.1, -0.05) is 20.3 Å². The van der Waals surface area contributed by atoms with Crippen molar-refractivity contribution in [1.82, 2.24) is 24.0 Å². The molecule has 0 bridgehead atoms. The predicted octanol–water partition coefficient (Wildman–Crippen LogP) is 0.739. The minimum atomic E-state index is -1.35. The highest BCUT2D eigenvalue weighted by Gasteiger charge is 2.33. The molecule has 0 radical (unpaired) electrons. The van der Waals surface area contributed by atoms with Crippen molar-refractivity contribution in [2.45, 2.75) is 53.1 Å². The average molecular weight is 407 g/mol. The van der Waals surface area contributed by atoms with Gasteiger partial charge in [-0.3, -0.25) is 28.6 Å². The molecule has 2 aromatic rings. The third kappa shape index (κ3) is 4.64. The van der Waals surface area contributed by atoms with E-state index in [0.29, 0.717) is 12.4 Å². The van der Waals surface area contributed by atoms with Crippen LogP contribution in [-0.4, -0.2) is 55.5 Å². The summed E-state index contributed by atoms with van der Waals surface area (Å²) in [6, 6.07) is -1.35. The van der Waals surface area contributed by atoms with Crippen LogP contribution in [0.5, 0.6) is 0 Å². The number of aryl methyl sites for hydroxylation is 1. The van der Waals surface area contributed by atoms with E-state index in [0.717, 1.165) is 25.9 Å². The van der Waals surface area contributed by atoms with E-state index in [9.17, 15) is 19.2 Å². The molecular formula is C19H29N5O5. The van der Waals surface area contributed by atoms with Crippen LogP contribution in [0.1, 0.15) is 52.4 Å². The lowest BCUT2D eigenvalue weighted by atomic mass is 10.2. The maximum atomic E-state index is 12.6. The van der Waals surface area contributed by atoms with Crippen LogP contribution in [0.3, 0.4) is 0 Å². The van der Waals surface area contributed by atoms with Crippen LogP contribution in [0.4, 0.5) is 0 Å². The molecule has 0 amide bonds. The molecule has 0 saturated carbocycles. The summed E-state index contributed by atoms with van der Waals surface area (Å²) in [4.78, 5) is 58.4. The number of aromatic nitrogens is 4. The number of ether oxygens (including phenoxy) is 1. The summed E-state index contributed by atoms with van der Waals surface area (Å²) in [7, 11) is 1.48. The monoisotopic (exact) mass is 407 g/mol. The third-order valence-corrected chi connectivity index (χ3v) is 4.82. The molecule has 0 fully saturated rings. The molecule has 0 aliphatic rings. The van der Waals surface area contributed by atoms with Gasteiger partial charge in [0.15, 0.2) is 23.0 Å². The first-order chi connectivity index (χ1) is 13.8. The van der Waals surface area contributed by atoms with Gasteiger partial charge in [0, 0.05) is 7.05 Å². The van der Waals surface area contributed by atoms with Crippen LogP contribution in [0.15, 0.2) is 9.59 Å². The largest absolute Gasteiger partial charge is 0.464 e. The summed E-state index contributed by atoms with van der Waals surface area (Å²) in [5, 5.41) is 0. The second-order valence-corrected chi connectivity index (χ2v) is 6.88. The van der Waals surface area contributed by atoms with Crippen molar-refractivity contribution in [1.29, 1.82) is 0 Å². The van der Waals surface area contributed by atoms with Crippen LogP contribution in [0, 0.1) is 0 Å². The number of ketones is 1. The topological polar surface area (TPSA) is 119 Å². The number of Topliss-reactive ketones (excluding diaryl/α,β-unsaturated/α-hetero) is 1. The van der Waals surface area contributed by atoms with Gasteiger partial charge in [-0.05, 0) is 33.4 Å². The smallest absolute Gasteiger partial charge is 0.336 e. The summed E-state index contributed by atoms with van der Waals surface area (Å²) < 4.78 is 7.60. The maximum Gasteiger partial charge on any atom is 0.336 e. The maximum absolute atomic E-state index is 12.6. The third-order valence-electron chi connectivity index (χ3n) is 4.82. The lowest BCUT2D eigenvalue weighted by molar-refractivity contribution is -0.150. The molecule has 0 spiro atoms. The van der Waals surface area contributed by atoms with Crippen LogP contribution in [0.2, 0.25) is 0 Å². The van der Waals surface area contributed by atoms with Gasteiger partial charge in [0.05, 0.1) is 13.2 Å². The number of hydrogen-bond acceptors (Lipinski definition) is 7. The molecule has 0 aliphatic carbocycles. The minimum absolute atomic E-state index is 0.00176. The summed E-state index contributed by atoms with van der Waals surface area (Å²) in [5.74, 6) is -0.878. The number of aromatic amines is 1. The van der Waals surface area contributed by atoms with E-state index in [1.807, 2.05) is 6.92 Å². The summed E-state index contributed by atoms with van der Waals surface area (Å²) in [6.45, 7) is 8.94. The fourth-order valence-electron chi connectivity index (χ4n) is 3.24. The molecule has 1 atom stereocenters. The second kappa shape index (κ2) is 9.64. The lowest BCUT2D eigenvalue weighted by Crippen LogP contribution is -2.34. The van der Waals surface area contributed by atoms with Gasteiger partial charge in [0.1, 0.15) is 5.82 Å². The number of fused-ring (bicyclic) bond motifs is 1. The summed E-state index contributed by atoms with van der Waals surface area (Å²) in [6.07, 6.45) is 1.99. The van der Waals surface area contributed by atoms with Crippen molar-refractivity contribution in [3.63, 3.8) is 0 Å². The van der Waals surface area contributed by atoms with Gasteiger partial charge >= 0.3 is 11.7 Å². The van der Waals surface area contributed by atoms with Crippen LogP contribution in [0.25, 0.3) is 11.2 Å². The van der Waals surface area contributed by atoms with Crippen molar-refractivity contribution >= 4 is 22.9 Å². The molecule has 10 nitrogen and oxygen atoms in total. The molecule has 29 heavy (non-hydrogen) atoms. The lowest BCUT2D eigenvalue weighted by Gasteiger charge is -2.22. The zero-order valence-electron chi connectivity index (χ0n) is 17.7. The molecule has 0 aliphatic heterocycles. The van der Waals surface area contributed by atoms with Crippen molar-refractivity contribution in [2.24, 2.45) is 7.05 Å². The Bertz CT molecular complexity index is 1000. The Balaban J connectivity index is 2.76. The number of carbonyl (C=O) groups excluding carboxylic acids is 2. The molecule has 0 aromatic carbocycles. The van der Waals surface area contributed by atoms with Gasteiger partial charge in [-0.15, -0.1) is 0 Å². The van der Waals surface area contributed by atoms with Gasteiger partial charge < -0.3 is 4.74 Å². The Hall–Kier alpha value is -2.75. The highest BCUT2D eigenvalue weighted by Crippen LogP contribution is 2.21. The highest BCUT2D eigenvalue weighted by atomic mass is 16.5. The number of imidazole rings is 1. The average Bonchev–Trinajstić information content (AvgIpc) is 3.02. The zero-order valence-corrected chi connectivity index (χ0v) is 17.7. The van der Waals surface area contributed by atoms with Crippen molar-refractivity contribution in [3.05, 3.63) is 26.7 Å². The summed E-state index contributed by atoms with van der Waals surface area (Å²) >= 11 is 0. The number of hydrogen-bond donors (Lipinski definition) is 1. The number of carbonyl (C=O) groups is 2. The van der Waals surface area contributed by atoms with Crippen LogP contribution in [-0.2, 0) is 27.9 Å². The molecular weight excluding hydrogens is 378 g/mol. The van der Waals surface area contributed by atoms with E-state index in [1.165, 1.54) is 23.1 Å². The predicted molar refractivity (Wildman–Crippen MR) is 108 cm³/mol. The standard InChI is InChI=1S/C19H29N5O5/c1-6-9-10-23(7-2)11-13-20-16-15(17(26)21-19(28)22(16)5)24(13)14(12(4)25)18(27)29-8-3/h14H,6-11H2,1-5H3,(H,21,26,28)/t14-/m1/s1. The number of nitrogens with one attached hydrogen (secondary N) is 1. The second-order valence-electron chi connectivity index (χ2n) is 6.88. The first-order valence-electron chi connectivity index (χ1n) is 9.86. The Labute approximate surface area is 168 Å². The molecule has 2 rings (SSSR count). The first kappa shape index (κ1) is 22.5. The molecule has 1 N–H and O–H groups in total. The fraction of sp³-hybridized carbons (Fsp3) is 0.632. The summed E-state index contributed by atoms with van der Waals surface area (Å²) in [5.41, 5.74) is -1.20. The molecule has 0 unspecified atom stereocenters. The minimum Gasteiger partial charge on any atom is -0.464 e. The van der Waals surface area contributed by atoms with Crippen LogP contribution >= 0.6 is 0 Å². The number of rotatable bonds is 10. The Morgan fingerprint density at radius 3 is 2.48 bits per heavy atom. The number of H-pyrrole nitrogens is 1. The zero-order chi connectivity index (χ0) is 21.7. The Kier molecular flexibility index (Phi) is 7.49. The van der Waals surface area contributed by atoms with Crippen LogP contribution < -0.4 is 11.2 Å². The van der Waals surface area contributed by atoms with E-state index in [2.05, 4.69) is 21.8 Å². The number of esters is 1. The molecule has 160 valence electrons. The molecule has 2 heterocycles. The molecule has 2 aromatic heterocycles. The van der Waals surface area contributed by atoms with Crippen molar-refractivity contribution in [2.75, 3.05) is 19.7 Å². The van der Waals surface area contributed by atoms with Gasteiger partial charge in [-0.25, -0.2) is 14.6 Å². The molecule has 10 heteroatoms.